The van der Waals surface area contributed by atoms with Crippen LogP contribution in [-0.2, 0) is 17.1 Å². The van der Waals surface area contributed by atoms with Crippen LogP contribution < -0.4 is 5.73 Å². The average molecular weight is 455 g/mol. The number of nitrogen functional groups attached to an aromatic ring is 1. The van der Waals surface area contributed by atoms with E-state index < -0.39 is 22.2 Å². The molecular weight excluding hydrogens is 440 g/mol. The summed E-state index contributed by atoms with van der Waals surface area (Å²) in [6, 6.07) is 4.77. The first-order chi connectivity index (χ1) is 11.1. The number of hydrogen-bond acceptors (Lipinski definition) is 3. The molecule has 10 heteroatoms. The summed E-state index contributed by atoms with van der Waals surface area (Å²) < 4.78 is 25.3. The standard InChI is InChI=1S/C7H5ClFNO2.C7H7ClFN.CH3Cl.Fe/c1-4-2-7(10(11)12)6(9)3-5(4)8;1-4-2-7(10)6(9)3-5(4)8;1-2;/h2-3H,1H3;2-3H,10H2,1H3;1H3;. The quantitative estimate of drug-likeness (QED) is 0.191. The van der Waals surface area contributed by atoms with E-state index in [1.165, 1.54) is 18.5 Å². The number of nitro benzene ring substituents is 1. The molecule has 0 atom stereocenters. The van der Waals surface area contributed by atoms with Crippen LogP contribution in [0.3, 0.4) is 0 Å². The number of benzene rings is 2. The second kappa shape index (κ2) is 12.3. The third-order valence-corrected chi connectivity index (χ3v) is 3.52. The summed E-state index contributed by atoms with van der Waals surface area (Å²) in [6.07, 6.45) is 1.47. The maximum Gasteiger partial charge on any atom is 0.305 e. The molecule has 0 unspecified atom stereocenters. The Morgan fingerprint density at radius 2 is 1.36 bits per heavy atom. The van der Waals surface area contributed by atoms with E-state index in [0.717, 1.165) is 17.7 Å². The van der Waals surface area contributed by atoms with E-state index in [1.807, 2.05) is 0 Å². The molecule has 0 heterocycles. The minimum atomic E-state index is -0.907. The number of rotatable bonds is 1. The minimum absolute atomic E-state index is 0. The van der Waals surface area contributed by atoms with Crippen molar-refractivity contribution in [2.45, 2.75) is 13.8 Å². The molecule has 2 N–H and O–H groups in total. The third kappa shape index (κ3) is 8.21. The second-order valence-electron chi connectivity index (χ2n) is 4.43. The van der Waals surface area contributed by atoms with Gasteiger partial charge in [0.1, 0.15) is 5.82 Å². The first kappa shape index (κ1) is 26.1. The molecule has 0 spiro atoms. The fourth-order valence-corrected chi connectivity index (χ4v) is 1.76. The van der Waals surface area contributed by atoms with Gasteiger partial charge in [-0.2, -0.15) is 4.39 Å². The molecule has 4 nitrogen and oxygen atoms in total. The Kier molecular flexibility index (Phi) is 12.8. The molecule has 2 rings (SSSR count). The van der Waals surface area contributed by atoms with Crippen LogP contribution in [0.5, 0.6) is 0 Å². The van der Waals surface area contributed by atoms with Crippen molar-refractivity contribution < 1.29 is 30.8 Å². The number of aryl methyl sites for hydroxylation is 2. The van der Waals surface area contributed by atoms with Crippen molar-refractivity contribution in [3.63, 3.8) is 0 Å². The van der Waals surface area contributed by atoms with Gasteiger partial charge in [0.05, 0.1) is 10.6 Å². The molecule has 25 heavy (non-hydrogen) atoms. The number of nitrogens with two attached hydrogens (primary N) is 1. The Morgan fingerprint density at radius 1 is 0.960 bits per heavy atom. The molecule has 2 aromatic rings. The summed E-state index contributed by atoms with van der Waals surface area (Å²) in [5.74, 6) is -1.37. The van der Waals surface area contributed by atoms with Gasteiger partial charge < -0.3 is 5.73 Å². The second-order valence-corrected chi connectivity index (χ2v) is 5.25. The zero-order valence-electron chi connectivity index (χ0n) is 13.4. The van der Waals surface area contributed by atoms with Crippen LogP contribution >= 0.6 is 34.8 Å². The van der Waals surface area contributed by atoms with Crippen molar-refractivity contribution in [1.29, 1.82) is 0 Å². The Hall–Kier alpha value is -1.11. The normalized spacial score (nSPS) is 8.96. The van der Waals surface area contributed by atoms with E-state index in [-0.39, 0.29) is 27.8 Å². The molecule has 0 aliphatic heterocycles. The Balaban J connectivity index is 0. The monoisotopic (exact) mass is 454 g/mol. The number of alkyl halides is 1. The van der Waals surface area contributed by atoms with Crippen LogP contribution in [-0.4, -0.2) is 11.3 Å². The molecule has 0 amide bonds. The molecule has 0 radical (unpaired) electrons. The fourth-order valence-electron chi connectivity index (χ4n) is 1.46. The molecule has 0 aromatic heterocycles. The molecule has 140 valence electrons. The van der Waals surface area contributed by atoms with Gasteiger partial charge in [-0.25, -0.2) is 4.39 Å². The van der Waals surface area contributed by atoms with E-state index in [0.29, 0.717) is 10.6 Å². The number of halogens is 5. The number of hydrogen-bond donors (Lipinski definition) is 1. The van der Waals surface area contributed by atoms with E-state index in [9.17, 15) is 18.9 Å². The molecule has 0 fully saturated rings. The molecule has 0 bridgehead atoms. The van der Waals surface area contributed by atoms with Crippen LogP contribution in [0.1, 0.15) is 11.1 Å². The van der Waals surface area contributed by atoms with Crippen LogP contribution in [0.15, 0.2) is 24.3 Å². The van der Waals surface area contributed by atoms with Gasteiger partial charge in [0, 0.05) is 39.6 Å². The van der Waals surface area contributed by atoms with Gasteiger partial charge in [0.15, 0.2) is 0 Å². The van der Waals surface area contributed by atoms with Crippen molar-refractivity contribution >= 4 is 46.2 Å². The molecular formula is C15H15Cl3F2FeN2O2. The van der Waals surface area contributed by atoms with Crippen molar-refractivity contribution in [2.24, 2.45) is 0 Å². The van der Waals surface area contributed by atoms with Crippen molar-refractivity contribution in [2.75, 3.05) is 12.1 Å². The van der Waals surface area contributed by atoms with Crippen LogP contribution in [0.2, 0.25) is 10.0 Å². The fraction of sp³-hybridized carbons (Fsp3) is 0.200. The number of anilines is 1. The average Bonchev–Trinajstić information content (AvgIpc) is 2.51. The molecule has 0 aliphatic rings. The Bertz CT molecular complexity index is 684. The molecule has 0 saturated heterocycles. The molecule has 2 aromatic carbocycles. The smallest absolute Gasteiger partial charge is 0.305 e. The number of nitrogens with zero attached hydrogens (tertiary/aromatic N) is 1. The van der Waals surface area contributed by atoms with Gasteiger partial charge in [0.25, 0.3) is 0 Å². The van der Waals surface area contributed by atoms with Crippen molar-refractivity contribution in [1.82, 2.24) is 0 Å². The maximum atomic E-state index is 12.8. The van der Waals surface area contributed by atoms with Gasteiger partial charge in [0.2, 0.25) is 5.82 Å². The Morgan fingerprint density at radius 3 is 1.76 bits per heavy atom. The van der Waals surface area contributed by atoms with Gasteiger partial charge in [-0.3, -0.25) is 10.1 Å². The molecule has 0 aliphatic carbocycles. The summed E-state index contributed by atoms with van der Waals surface area (Å²) in [5, 5.41) is 10.8. The van der Waals surface area contributed by atoms with Crippen molar-refractivity contribution in [3.05, 3.63) is 67.2 Å². The van der Waals surface area contributed by atoms with E-state index in [4.69, 9.17) is 28.9 Å². The summed E-state index contributed by atoms with van der Waals surface area (Å²) >= 11 is 15.8. The molecule has 0 saturated carbocycles. The summed E-state index contributed by atoms with van der Waals surface area (Å²) in [7, 11) is 0. The predicted octanol–water partition coefficient (Wildman–Crippen LogP) is 5.92. The van der Waals surface area contributed by atoms with Crippen molar-refractivity contribution in [3.8, 4) is 0 Å². The van der Waals surface area contributed by atoms with Gasteiger partial charge in [-0.1, -0.05) is 23.2 Å². The zero-order valence-corrected chi connectivity index (χ0v) is 16.8. The predicted molar refractivity (Wildman–Crippen MR) is 95.1 cm³/mol. The van der Waals surface area contributed by atoms with Gasteiger partial charge >= 0.3 is 5.69 Å². The van der Waals surface area contributed by atoms with E-state index >= 15 is 0 Å². The van der Waals surface area contributed by atoms with E-state index in [1.54, 1.807) is 13.8 Å². The SMILES string of the molecule is CCl.Cc1cc(N)c(F)cc1Cl.Cc1cc([N+](=O)[O-])c(F)cc1Cl.[Fe]. The minimum Gasteiger partial charge on any atom is -0.396 e. The van der Waals surface area contributed by atoms with Crippen LogP contribution in [0, 0.1) is 35.6 Å². The maximum absolute atomic E-state index is 12.8. The topological polar surface area (TPSA) is 69.2 Å². The van der Waals surface area contributed by atoms with Crippen LogP contribution in [0.25, 0.3) is 0 Å². The number of nitro groups is 1. The summed E-state index contributed by atoms with van der Waals surface area (Å²) in [5.41, 5.74) is 6.13. The summed E-state index contributed by atoms with van der Waals surface area (Å²) in [6.45, 7) is 3.35. The zero-order chi connectivity index (χ0) is 19.0. The first-order valence-electron chi connectivity index (χ1n) is 6.32. The first-order valence-corrected chi connectivity index (χ1v) is 7.83. The van der Waals surface area contributed by atoms with E-state index in [2.05, 4.69) is 11.6 Å². The van der Waals surface area contributed by atoms with Gasteiger partial charge in [-0.15, -0.1) is 11.6 Å². The largest absolute Gasteiger partial charge is 0.396 e. The summed E-state index contributed by atoms with van der Waals surface area (Å²) in [4.78, 5) is 9.43. The van der Waals surface area contributed by atoms with Crippen LogP contribution in [0.4, 0.5) is 20.2 Å². The van der Waals surface area contributed by atoms with Gasteiger partial charge in [-0.05, 0) is 43.2 Å². The third-order valence-electron chi connectivity index (χ3n) is 2.70. The Labute approximate surface area is 169 Å².